The number of carbonyl (C=O) groups is 6. The maximum atomic E-state index is 14.2. The molecule has 15 nitrogen and oxygen atoms in total. The van der Waals surface area contributed by atoms with Gasteiger partial charge in [-0.25, -0.2) is 0 Å². The number of hydrogen-bond acceptors (Lipinski definition) is 15. The number of phenolic OH excluding ortho intramolecular Hbond substituents is 1. The second-order valence-corrected chi connectivity index (χ2v) is 18.0. The van der Waals surface area contributed by atoms with Gasteiger partial charge in [0.2, 0.25) is 24.2 Å². The van der Waals surface area contributed by atoms with E-state index >= 15 is 0 Å². The van der Waals surface area contributed by atoms with Crippen LogP contribution < -0.4 is 14.5 Å². The summed E-state index contributed by atoms with van der Waals surface area (Å²) in [6.45, 7) is 8.69. The number of ether oxygens (including phenoxy) is 6. The molecule has 332 valence electrons. The van der Waals surface area contributed by atoms with Crippen LogP contribution in [-0.2, 0) is 52.5 Å². The zero-order valence-corrected chi connectivity index (χ0v) is 38.0. The molecule has 2 aromatic heterocycles. The van der Waals surface area contributed by atoms with Crippen molar-refractivity contribution in [2.24, 2.45) is 0 Å². The average molecular weight is 934 g/mol. The molecule has 1 fully saturated rings. The molecular weight excluding hydrogens is 888 g/mol. The van der Waals surface area contributed by atoms with E-state index in [1.165, 1.54) is 29.6 Å². The first-order valence-electron chi connectivity index (χ1n) is 20.0. The van der Waals surface area contributed by atoms with Crippen molar-refractivity contribution in [2.45, 2.75) is 103 Å². The molecule has 2 aromatic carbocycles. The van der Waals surface area contributed by atoms with Gasteiger partial charge in [0.15, 0.2) is 12.2 Å². The zero-order chi connectivity index (χ0) is 44.7. The Labute approximate surface area is 375 Å². The Kier molecular flexibility index (Phi) is 13.6. The number of rotatable bonds is 13. The highest BCUT2D eigenvalue weighted by atomic mass is 35.5. The Balaban J connectivity index is 1.17. The summed E-state index contributed by atoms with van der Waals surface area (Å²) in [5.74, 6) is -2.92. The molecule has 7 atom stereocenters. The summed E-state index contributed by atoms with van der Waals surface area (Å²) in [6.07, 6.45) is -6.69. The monoisotopic (exact) mass is 932 g/mol. The van der Waals surface area contributed by atoms with Crippen LogP contribution in [-0.4, -0.2) is 103 Å². The van der Waals surface area contributed by atoms with Crippen LogP contribution in [0.25, 0.3) is 20.2 Å². The first kappa shape index (κ1) is 45.3. The van der Waals surface area contributed by atoms with Crippen molar-refractivity contribution < 1.29 is 62.3 Å². The number of alkyl halides is 2. The molecule has 0 unspecified atom stereocenters. The second-order valence-electron chi connectivity index (χ2n) is 15.6. The van der Waals surface area contributed by atoms with E-state index in [2.05, 4.69) is 0 Å². The van der Waals surface area contributed by atoms with E-state index in [-0.39, 0.29) is 66.8 Å². The molecule has 1 N–H and O–H groups in total. The smallest absolute Gasteiger partial charge is 0.303 e. The molecule has 4 aromatic rings. The van der Waals surface area contributed by atoms with Crippen molar-refractivity contribution in [1.82, 2.24) is 0 Å². The standard InChI is InChI=1S/C43H46Cl2N2O13S2/c1-19-17-61-41-29(52)10-27-36(34(19)41)25(12-44)14-46(27)32(53)8-7-9-33(54)47-15-26(13-45)37-28(47)11-30(42-35(37)20(2)18-62-42)59-43-40(58-24(6)51)39(57-23(5)50)38(56-22(4)49)31(60-43)16-55-21(3)48/h10-11,17-18,25-26,31,38-40,43,52H,7-9,12-16H2,1-6H3/t25-,26-,31-,38+,39+,40-,43-/m1/s1. The SMILES string of the molecule is CC(=O)OC[C@H]1O[C@@H](Oc2cc3c(c4c(C)csc24)[C@H](CCl)CN3C(=O)CCCC(=O)N2C[C@@H](CCl)c3c2cc(O)c2scc(C)c32)[C@H](OC(C)=O)[C@@H](OC(C)=O)[C@H]1OC(C)=O. The highest BCUT2D eigenvalue weighted by Crippen LogP contribution is 2.51. The lowest BCUT2D eigenvalue weighted by molar-refractivity contribution is -0.288. The highest BCUT2D eigenvalue weighted by molar-refractivity contribution is 7.18. The zero-order valence-electron chi connectivity index (χ0n) is 34.8. The molecule has 5 heterocycles. The van der Waals surface area contributed by atoms with Crippen LogP contribution in [0.4, 0.5) is 11.4 Å². The third-order valence-electron chi connectivity index (χ3n) is 11.2. The molecule has 0 radical (unpaired) electrons. The average Bonchev–Trinajstić information content (AvgIpc) is 3.98. The summed E-state index contributed by atoms with van der Waals surface area (Å²) in [7, 11) is 0. The minimum atomic E-state index is -1.50. The van der Waals surface area contributed by atoms with Crippen LogP contribution in [0.15, 0.2) is 22.9 Å². The number of carbonyl (C=O) groups excluding carboxylic acids is 6. The van der Waals surface area contributed by atoms with E-state index < -0.39 is 61.2 Å². The largest absolute Gasteiger partial charge is 0.506 e. The first-order valence-corrected chi connectivity index (χ1v) is 22.8. The minimum absolute atomic E-state index is 0.0320. The maximum Gasteiger partial charge on any atom is 0.303 e. The summed E-state index contributed by atoms with van der Waals surface area (Å²) in [6, 6.07) is 3.32. The molecular formula is C43H46Cl2N2O13S2. The third kappa shape index (κ3) is 8.78. The van der Waals surface area contributed by atoms with E-state index in [9.17, 15) is 33.9 Å². The molecule has 7 rings (SSSR count). The number of hydrogen-bond donors (Lipinski definition) is 1. The number of nitrogens with zero attached hydrogens (tertiary/aromatic N) is 2. The fraction of sp³-hybridized carbons (Fsp3) is 0.488. The van der Waals surface area contributed by atoms with E-state index in [1.54, 1.807) is 21.9 Å². The van der Waals surface area contributed by atoms with Crippen LogP contribution in [0.3, 0.4) is 0 Å². The Morgan fingerprint density at radius 2 is 1.23 bits per heavy atom. The Morgan fingerprint density at radius 3 is 1.76 bits per heavy atom. The van der Waals surface area contributed by atoms with Gasteiger partial charge in [0.05, 0.1) is 20.8 Å². The fourth-order valence-corrected chi connectivity index (χ4v) is 11.2. The summed E-state index contributed by atoms with van der Waals surface area (Å²) in [5.41, 5.74) is 4.87. The molecule has 1 saturated heterocycles. The molecule has 62 heavy (non-hydrogen) atoms. The van der Waals surface area contributed by atoms with E-state index in [0.29, 0.717) is 28.5 Å². The predicted octanol–water partition coefficient (Wildman–Crippen LogP) is 7.11. The summed E-state index contributed by atoms with van der Waals surface area (Å²) >= 11 is 15.8. The third-order valence-corrected chi connectivity index (χ3v) is 14.2. The summed E-state index contributed by atoms with van der Waals surface area (Å²) < 4.78 is 36.2. The lowest BCUT2D eigenvalue weighted by Crippen LogP contribution is -2.63. The fourth-order valence-electron chi connectivity index (χ4n) is 8.70. The number of halogens is 2. The summed E-state index contributed by atoms with van der Waals surface area (Å²) in [4.78, 5) is 80.4. The molecule has 0 spiro atoms. The second kappa shape index (κ2) is 18.6. The quantitative estimate of drug-likeness (QED) is 0.0814. The normalized spacial score (nSPS) is 22.9. The number of anilines is 2. The van der Waals surface area contributed by atoms with Crippen LogP contribution in [0.2, 0.25) is 0 Å². The van der Waals surface area contributed by atoms with Gasteiger partial charge in [0.1, 0.15) is 24.2 Å². The van der Waals surface area contributed by atoms with Crippen molar-refractivity contribution in [3.05, 3.63) is 45.1 Å². The summed E-state index contributed by atoms with van der Waals surface area (Å²) in [5, 5.41) is 16.5. The Morgan fingerprint density at radius 1 is 0.726 bits per heavy atom. The Hall–Kier alpha value is -4.68. The first-order chi connectivity index (χ1) is 29.5. The van der Waals surface area contributed by atoms with Gasteiger partial charge in [0, 0.05) is 100 Å². The lowest BCUT2D eigenvalue weighted by atomic mass is 9.96. The number of aryl methyl sites for hydroxylation is 2. The topological polar surface area (TPSA) is 185 Å². The van der Waals surface area contributed by atoms with Gasteiger partial charge in [-0.1, -0.05) is 0 Å². The molecule has 3 aliphatic heterocycles. The highest BCUT2D eigenvalue weighted by Gasteiger charge is 2.54. The van der Waals surface area contributed by atoms with E-state index in [4.69, 9.17) is 51.6 Å². The number of fused-ring (bicyclic) bond motifs is 6. The molecule has 3 aliphatic rings. The van der Waals surface area contributed by atoms with Crippen molar-refractivity contribution in [2.75, 3.05) is 41.3 Å². The van der Waals surface area contributed by atoms with Gasteiger partial charge in [-0.15, -0.1) is 45.9 Å². The predicted molar refractivity (Wildman–Crippen MR) is 233 cm³/mol. The minimum Gasteiger partial charge on any atom is -0.506 e. The lowest BCUT2D eigenvalue weighted by Gasteiger charge is -2.44. The van der Waals surface area contributed by atoms with Crippen LogP contribution >= 0.6 is 45.9 Å². The number of esters is 4. The molecule has 19 heteroatoms. The maximum absolute atomic E-state index is 14.2. The number of thiophene rings is 2. The number of amides is 2. The van der Waals surface area contributed by atoms with Crippen molar-refractivity contribution in [1.29, 1.82) is 0 Å². The number of aromatic hydroxyl groups is 1. The van der Waals surface area contributed by atoms with Gasteiger partial charge in [-0.05, 0) is 53.3 Å². The molecule has 0 saturated carbocycles. The van der Waals surface area contributed by atoms with Crippen LogP contribution in [0, 0.1) is 13.8 Å². The van der Waals surface area contributed by atoms with Crippen molar-refractivity contribution in [3.8, 4) is 11.5 Å². The molecule has 0 bridgehead atoms. The van der Waals surface area contributed by atoms with E-state index in [0.717, 1.165) is 58.5 Å². The Bertz CT molecular complexity index is 2450. The van der Waals surface area contributed by atoms with Gasteiger partial charge in [-0.3, -0.25) is 28.8 Å². The van der Waals surface area contributed by atoms with E-state index in [1.807, 2.05) is 24.6 Å². The van der Waals surface area contributed by atoms with Gasteiger partial charge < -0.3 is 43.3 Å². The van der Waals surface area contributed by atoms with Gasteiger partial charge in [0.25, 0.3) is 0 Å². The molecule has 0 aliphatic carbocycles. The molecule has 2 amide bonds. The number of phenols is 1. The van der Waals surface area contributed by atoms with Crippen molar-refractivity contribution >= 4 is 113 Å². The van der Waals surface area contributed by atoms with Crippen LogP contribution in [0.5, 0.6) is 11.5 Å². The van der Waals surface area contributed by atoms with Crippen LogP contribution in [0.1, 0.15) is 81.0 Å². The number of benzene rings is 2. The van der Waals surface area contributed by atoms with Gasteiger partial charge in [-0.2, -0.15) is 0 Å². The van der Waals surface area contributed by atoms with Crippen molar-refractivity contribution in [3.63, 3.8) is 0 Å². The van der Waals surface area contributed by atoms with Gasteiger partial charge >= 0.3 is 23.9 Å².